The number of amides is 2. The van der Waals surface area contributed by atoms with Crippen molar-refractivity contribution in [1.29, 1.82) is 0 Å². The molecular formula is C27H27ClF6N2O2. The maximum absolute atomic E-state index is 13.8. The van der Waals surface area contributed by atoms with Crippen LogP contribution >= 0.6 is 11.6 Å². The number of halogens is 7. The zero-order valence-electron chi connectivity index (χ0n) is 21.0. The van der Waals surface area contributed by atoms with E-state index in [1.54, 1.807) is 29.2 Å². The summed E-state index contributed by atoms with van der Waals surface area (Å²) in [6.07, 6.45) is -8.47. The molecule has 1 saturated carbocycles. The average Bonchev–Trinajstić information content (AvgIpc) is 3.60. The standard InChI is InChI=1S/C27H27ClF6N2O2/c1-25(2,17-10-18(26(29,30)31)12-19(11-17)27(32,33)34)24(38)35(3)22-14-36(23(37)16-4-5-16)13-21(22)15-6-8-20(28)9-7-15/h6-12,16,21-22H,4-5,13-14H2,1-3H3/t21?,22-/m1/s1. The normalized spacial score (nSPS) is 20.5. The van der Waals surface area contributed by atoms with Gasteiger partial charge in [0.25, 0.3) is 0 Å². The molecule has 0 radical (unpaired) electrons. The van der Waals surface area contributed by atoms with Gasteiger partial charge in [0.1, 0.15) is 0 Å². The van der Waals surface area contributed by atoms with Gasteiger partial charge in [0.2, 0.25) is 11.8 Å². The number of carbonyl (C=O) groups excluding carboxylic acids is 2. The number of nitrogens with zero attached hydrogens (tertiary/aromatic N) is 2. The molecule has 1 heterocycles. The van der Waals surface area contributed by atoms with Crippen molar-refractivity contribution in [3.8, 4) is 0 Å². The predicted octanol–water partition coefficient (Wildman–Crippen LogP) is 6.52. The van der Waals surface area contributed by atoms with Gasteiger partial charge in [0.05, 0.1) is 22.6 Å². The van der Waals surface area contributed by atoms with Crippen molar-refractivity contribution in [2.24, 2.45) is 5.92 Å². The third kappa shape index (κ3) is 5.65. The van der Waals surface area contributed by atoms with Crippen LogP contribution in [0.1, 0.15) is 54.9 Å². The second-order valence-electron chi connectivity index (χ2n) is 10.6. The van der Waals surface area contributed by atoms with Crippen LogP contribution in [0.3, 0.4) is 0 Å². The van der Waals surface area contributed by atoms with Gasteiger partial charge in [-0.05, 0) is 68.1 Å². The number of alkyl halides is 6. The van der Waals surface area contributed by atoms with Gasteiger partial charge in [0.15, 0.2) is 0 Å². The Kier molecular flexibility index (Phi) is 7.27. The Balaban J connectivity index is 1.69. The molecule has 1 aliphatic heterocycles. The highest BCUT2D eigenvalue weighted by atomic mass is 35.5. The number of hydrogen-bond donors (Lipinski definition) is 0. The summed E-state index contributed by atoms with van der Waals surface area (Å²) in [4.78, 5) is 29.7. The molecule has 0 bridgehead atoms. The Morgan fingerprint density at radius 1 is 0.868 bits per heavy atom. The van der Waals surface area contributed by atoms with Crippen molar-refractivity contribution >= 4 is 23.4 Å². The third-order valence-electron chi connectivity index (χ3n) is 7.49. The highest BCUT2D eigenvalue weighted by Gasteiger charge is 2.46. The number of rotatable bonds is 5. The molecule has 2 aromatic carbocycles. The lowest BCUT2D eigenvalue weighted by Crippen LogP contribution is -2.49. The molecule has 2 atom stereocenters. The SMILES string of the molecule is CN(C(=O)C(C)(C)c1cc(C(F)(F)F)cc(C(F)(F)F)c1)[C@@H]1CN(C(=O)C2CC2)CC1c1ccc(Cl)cc1. The van der Waals surface area contributed by atoms with E-state index in [2.05, 4.69) is 0 Å². The van der Waals surface area contributed by atoms with Crippen LogP contribution in [0.25, 0.3) is 0 Å². The third-order valence-corrected chi connectivity index (χ3v) is 7.74. The summed E-state index contributed by atoms with van der Waals surface area (Å²) >= 11 is 6.02. The van der Waals surface area contributed by atoms with E-state index in [0.29, 0.717) is 23.7 Å². The first kappa shape index (κ1) is 28.3. The number of hydrogen-bond acceptors (Lipinski definition) is 2. The van der Waals surface area contributed by atoms with Crippen molar-refractivity contribution in [3.63, 3.8) is 0 Å². The van der Waals surface area contributed by atoms with E-state index in [1.165, 1.54) is 25.8 Å². The molecule has 2 fully saturated rings. The van der Waals surface area contributed by atoms with Crippen molar-refractivity contribution in [2.45, 2.75) is 56.4 Å². The molecule has 0 aromatic heterocycles. The molecule has 38 heavy (non-hydrogen) atoms. The van der Waals surface area contributed by atoms with Crippen LogP contribution in [-0.4, -0.2) is 47.8 Å². The topological polar surface area (TPSA) is 40.6 Å². The molecular weight excluding hydrogens is 534 g/mol. The van der Waals surface area contributed by atoms with Crippen molar-refractivity contribution in [3.05, 3.63) is 69.7 Å². The lowest BCUT2D eigenvalue weighted by molar-refractivity contribution is -0.144. The lowest BCUT2D eigenvalue weighted by atomic mass is 9.80. The second-order valence-corrected chi connectivity index (χ2v) is 11.0. The van der Waals surface area contributed by atoms with Gasteiger partial charge in [-0.25, -0.2) is 0 Å². The fourth-order valence-corrected chi connectivity index (χ4v) is 5.14. The maximum Gasteiger partial charge on any atom is 0.416 e. The minimum atomic E-state index is -5.03. The maximum atomic E-state index is 13.8. The van der Waals surface area contributed by atoms with Crippen LogP contribution in [0.5, 0.6) is 0 Å². The van der Waals surface area contributed by atoms with Gasteiger partial charge in [-0.1, -0.05) is 23.7 Å². The van der Waals surface area contributed by atoms with Gasteiger partial charge < -0.3 is 9.80 Å². The summed E-state index contributed by atoms with van der Waals surface area (Å²) in [5.41, 5.74) is -4.27. The molecule has 2 aromatic rings. The molecule has 2 amide bonds. The predicted molar refractivity (Wildman–Crippen MR) is 130 cm³/mol. The molecule has 11 heteroatoms. The molecule has 1 unspecified atom stereocenters. The van der Waals surface area contributed by atoms with Crippen LogP contribution in [0.2, 0.25) is 5.02 Å². The summed E-state index contributed by atoms with van der Waals surface area (Å²) in [6.45, 7) is 3.15. The minimum absolute atomic E-state index is 0.0146. The van der Waals surface area contributed by atoms with Gasteiger partial charge in [-0.2, -0.15) is 26.3 Å². The molecule has 4 nitrogen and oxygen atoms in total. The van der Waals surface area contributed by atoms with E-state index in [-0.39, 0.29) is 30.4 Å². The van der Waals surface area contributed by atoms with Gasteiger partial charge in [-0.3, -0.25) is 9.59 Å². The molecule has 4 rings (SSSR count). The fraction of sp³-hybridized carbons (Fsp3) is 0.481. The van der Waals surface area contributed by atoms with Gasteiger partial charge in [0, 0.05) is 37.0 Å². The number of carbonyl (C=O) groups is 2. The summed E-state index contributed by atoms with van der Waals surface area (Å²) < 4.78 is 80.9. The zero-order valence-corrected chi connectivity index (χ0v) is 21.7. The van der Waals surface area contributed by atoms with E-state index >= 15 is 0 Å². The highest BCUT2D eigenvalue weighted by molar-refractivity contribution is 6.30. The van der Waals surface area contributed by atoms with E-state index in [0.717, 1.165) is 18.4 Å². The highest BCUT2D eigenvalue weighted by Crippen LogP contribution is 2.41. The Bertz CT molecular complexity index is 1190. The van der Waals surface area contributed by atoms with E-state index in [1.807, 2.05) is 0 Å². The Morgan fingerprint density at radius 2 is 1.37 bits per heavy atom. The van der Waals surface area contributed by atoms with Crippen LogP contribution in [0.4, 0.5) is 26.3 Å². The van der Waals surface area contributed by atoms with Crippen molar-refractivity contribution < 1.29 is 35.9 Å². The molecule has 0 N–H and O–H groups in total. The first-order chi connectivity index (χ1) is 17.5. The zero-order chi connectivity index (χ0) is 28.2. The monoisotopic (exact) mass is 560 g/mol. The van der Waals surface area contributed by atoms with Crippen LogP contribution < -0.4 is 0 Å². The van der Waals surface area contributed by atoms with Crippen LogP contribution in [-0.2, 0) is 27.4 Å². The summed E-state index contributed by atoms with van der Waals surface area (Å²) in [5, 5.41) is 0.504. The molecule has 1 aliphatic carbocycles. The van der Waals surface area contributed by atoms with Crippen LogP contribution in [0, 0.1) is 5.92 Å². The van der Waals surface area contributed by atoms with Crippen LogP contribution in [0.15, 0.2) is 42.5 Å². The minimum Gasteiger partial charge on any atom is -0.340 e. The van der Waals surface area contributed by atoms with E-state index in [9.17, 15) is 35.9 Å². The largest absolute Gasteiger partial charge is 0.416 e. The summed E-state index contributed by atoms with van der Waals surface area (Å²) in [7, 11) is 1.47. The fourth-order valence-electron chi connectivity index (χ4n) is 5.02. The molecule has 1 saturated heterocycles. The smallest absolute Gasteiger partial charge is 0.340 e. The molecule has 2 aliphatic rings. The van der Waals surface area contributed by atoms with E-state index in [4.69, 9.17) is 11.6 Å². The van der Waals surface area contributed by atoms with Crippen molar-refractivity contribution in [2.75, 3.05) is 20.1 Å². The number of likely N-dealkylation sites (tertiary alicyclic amines) is 1. The number of likely N-dealkylation sites (N-methyl/N-ethyl adjacent to an activating group) is 1. The quantitative estimate of drug-likeness (QED) is 0.391. The Hall–Kier alpha value is -2.75. The number of benzene rings is 2. The molecule has 206 valence electrons. The molecule has 0 spiro atoms. The van der Waals surface area contributed by atoms with Gasteiger partial charge >= 0.3 is 12.4 Å². The first-order valence-electron chi connectivity index (χ1n) is 12.1. The summed E-state index contributed by atoms with van der Waals surface area (Å²) in [6, 6.07) is 7.64. The lowest BCUT2D eigenvalue weighted by Gasteiger charge is -2.36. The van der Waals surface area contributed by atoms with Gasteiger partial charge in [-0.15, -0.1) is 0 Å². The Morgan fingerprint density at radius 3 is 1.84 bits per heavy atom. The second kappa shape index (κ2) is 9.77. The Labute approximate surface area is 221 Å². The first-order valence-corrected chi connectivity index (χ1v) is 12.5. The average molecular weight is 561 g/mol. The van der Waals surface area contributed by atoms with Crippen molar-refractivity contribution in [1.82, 2.24) is 9.80 Å². The van der Waals surface area contributed by atoms with E-state index < -0.39 is 46.4 Å². The summed E-state index contributed by atoms with van der Waals surface area (Å²) in [5.74, 6) is -1.04.